The average molecular weight is 423 g/mol. The van der Waals surface area contributed by atoms with Crippen LogP contribution in [0.3, 0.4) is 0 Å². The van der Waals surface area contributed by atoms with Gasteiger partial charge in [0.25, 0.3) is 5.89 Å². The lowest BCUT2D eigenvalue weighted by atomic mass is 9.94. The summed E-state index contributed by atoms with van der Waals surface area (Å²) in [6.45, 7) is 3.66. The van der Waals surface area contributed by atoms with Crippen LogP contribution >= 0.6 is 0 Å². The molecule has 7 heteroatoms. The third kappa shape index (κ3) is 4.22. The Hall–Kier alpha value is -3.45. The van der Waals surface area contributed by atoms with Crippen molar-refractivity contribution in [2.75, 3.05) is 0 Å². The fourth-order valence-corrected chi connectivity index (χ4v) is 3.42. The molecule has 0 spiro atoms. The monoisotopic (exact) mass is 423 g/mol. The highest BCUT2D eigenvalue weighted by Crippen LogP contribution is 2.40. The molecule has 0 aliphatic heterocycles. The Bertz CT molecular complexity index is 1210. The molecule has 1 aromatic heterocycles. The van der Waals surface area contributed by atoms with Crippen LogP contribution in [0.15, 0.2) is 71.3 Å². The molecule has 0 fully saturated rings. The van der Waals surface area contributed by atoms with Crippen LogP contribution < -0.4 is 5.73 Å². The van der Waals surface area contributed by atoms with Gasteiger partial charge in [-0.25, -0.2) is 0 Å². The summed E-state index contributed by atoms with van der Waals surface area (Å²) in [5.74, 6) is 0.316. The second kappa shape index (κ2) is 8.00. The maximum Gasteiger partial charge on any atom is 0.417 e. The minimum Gasteiger partial charge on any atom is -0.334 e. The average Bonchev–Trinajstić information content (AvgIpc) is 3.23. The molecule has 158 valence electrons. The number of nitrogens with zero attached hydrogens (tertiary/aromatic N) is 2. The summed E-state index contributed by atoms with van der Waals surface area (Å²) in [5, 5.41) is 3.93. The molecule has 0 aliphatic carbocycles. The lowest BCUT2D eigenvalue weighted by Crippen LogP contribution is -2.08. The smallest absolute Gasteiger partial charge is 0.334 e. The summed E-state index contributed by atoms with van der Waals surface area (Å²) in [4.78, 5) is 4.29. The normalized spacial score (nSPS) is 12.7. The van der Waals surface area contributed by atoms with Crippen molar-refractivity contribution in [3.8, 4) is 34.0 Å². The van der Waals surface area contributed by atoms with E-state index in [2.05, 4.69) is 10.1 Å². The van der Waals surface area contributed by atoms with Crippen molar-refractivity contribution < 1.29 is 17.7 Å². The molecule has 4 nitrogen and oxygen atoms in total. The quantitative estimate of drug-likeness (QED) is 0.411. The largest absolute Gasteiger partial charge is 0.417 e. The van der Waals surface area contributed by atoms with E-state index in [1.165, 1.54) is 6.07 Å². The zero-order valence-electron chi connectivity index (χ0n) is 16.9. The van der Waals surface area contributed by atoms with Gasteiger partial charge in [-0.2, -0.15) is 18.2 Å². The first-order chi connectivity index (χ1) is 14.7. The fraction of sp³-hybridized carbons (Fsp3) is 0.167. The van der Waals surface area contributed by atoms with Crippen LogP contribution in [0, 0.1) is 6.92 Å². The van der Waals surface area contributed by atoms with E-state index < -0.39 is 11.7 Å². The minimum atomic E-state index is -4.54. The van der Waals surface area contributed by atoms with Gasteiger partial charge in [-0.1, -0.05) is 59.8 Å². The van der Waals surface area contributed by atoms with E-state index in [0.29, 0.717) is 17.0 Å². The van der Waals surface area contributed by atoms with Gasteiger partial charge in [0, 0.05) is 17.2 Å². The number of halogens is 3. The lowest BCUT2D eigenvalue weighted by molar-refractivity contribution is -0.137. The van der Waals surface area contributed by atoms with Gasteiger partial charge in [0.15, 0.2) is 0 Å². The lowest BCUT2D eigenvalue weighted by Gasteiger charge is -2.15. The first kappa shape index (κ1) is 20.8. The van der Waals surface area contributed by atoms with Gasteiger partial charge in [-0.05, 0) is 48.2 Å². The minimum absolute atomic E-state index is 0.0214. The van der Waals surface area contributed by atoms with Gasteiger partial charge in [0.05, 0.1) is 5.56 Å². The number of benzene rings is 3. The molecular weight excluding hydrogens is 403 g/mol. The second-order valence-corrected chi connectivity index (χ2v) is 7.41. The van der Waals surface area contributed by atoms with Gasteiger partial charge >= 0.3 is 6.18 Å². The van der Waals surface area contributed by atoms with Crippen LogP contribution in [0.5, 0.6) is 0 Å². The molecule has 4 rings (SSSR count). The molecule has 0 saturated carbocycles. The fourth-order valence-electron chi connectivity index (χ4n) is 3.42. The molecule has 0 aliphatic rings. The van der Waals surface area contributed by atoms with E-state index in [-0.39, 0.29) is 23.1 Å². The van der Waals surface area contributed by atoms with E-state index in [1.807, 2.05) is 19.1 Å². The van der Waals surface area contributed by atoms with Gasteiger partial charge in [0.2, 0.25) is 5.82 Å². The first-order valence-electron chi connectivity index (χ1n) is 9.71. The molecule has 0 bridgehead atoms. The molecule has 31 heavy (non-hydrogen) atoms. The van der Waals surface area contributed by atoms with Crippen LogP contribution in [0.4, 0.5) is 13.2 Å². The van der Waals surface area contributed by atoms with Crippen molar-refractivity contribution in [3.63, 3.8) is 0 Å². The molecule has 1 unspecified atom stereocenters. The van der Waals surface area contributed by atoms with E-state index >= 15 is 0 Å². The van der Waals surface area contributed by atoms with Gasteiger partial charge in [0.1, 0.15) is 0 Å². The number of hydrogen-bond donors (Lipinski definition) is 1. The topological polar surface area (TPSA) is 64.9 Å². The van der Waals surface area contributed by atoms with Gasteiger partial charge < -0.3 is 10.3 Å². The molecular formula is C24H20F3N3O. The third-order valence-electron chi connectivity index (χ3n) is 5.13. The number of hydrogen-bond acceptors (Lipinski definition) is 4. The highest BCUT2D eigenvalue weighted by molar-refractivity contribution is 5.74. The summed E-state index contributed by atoms with van der Waals surface area (Å²) in [6, 6.07) is 18.2. The third-order valence-corrected chi connectivity index (χ3v) is 5.13. The predicted molar refractivity (Wildman–Crippen MR) is 113 cm³/mol. The molecule has 1 atom stereocenters. The maximum absolute atomic E-state index is 13.9. The number of nitrogens with two attached hydrogens (primary N) is 1. The van der Waals surface area contributed by atoms with E-state index in [4.69, 9.17) is 10.3 Å². The van der Waals surface area contributed by atoms with Crippen LogP contribution in [0.25, 0.3) is 34.0 Å². The van der Waals surface area contributed by atoms with Crippen molar-refractivity contribution in [1.82, 2.24) is 10.1 Å². The Balaban J connectivity index is 1.73. The Labute approximate surface area is 177 Å². The van der Waals surface area contributed by atoms with Crippen molar-refractivity contribution in [2.24, 2.45) is 5.73 Å². The first-order valence-corrected chi connectivity index (χ1v) is 9.71. The van der Waals surface area contributed by atoms with Crippen molar-refractivity contribution >= 4 is 0 Å². The zero-order valence-corrected chi connectivity index (χ0v) is 16.9. The number of alkyl halides is 3. The van der Waals surface area contributed by atoms with E-state index in [0.717, 1.165) is 17.2 Å². The Kier molecular flexibility index (Phi) is 5.37. The molecule has 2 N–H and O–H groups in total. The van der Waals surface area contributed by atoms with E-state index in [9.17, 15) is 13.2 Å². The van der Waals surface area contributed by atoms with Crippen LogP contribution in [-0.4, -0.2) is 10.1 Å². The molecule has 0 amide bonds. The summed E-state index contributed by atoms with van der Waals surface area (Å²) in [6.07, 6.45) is -4.54. The molecule has 4 aromatic rings. The zero-order chi connectivity index (χ0) is 22.2. The maximum atomic E-state index is 13.9. The second-order valence-electron chi connectivity index (χ2n) is 7.41. The molecule has 0 saturated heterocycles. The number of aromatic nitrogens is 2. The van der Waals surface area contributed by atoms with Crippen molar-refractivity contribution in [2.45, 2.75) is 26.1 Å². The predicted octanol–water partition coefficient (Wildman–Crippen LogP) is 6.42. The van der Waals surface area contributed by atoms with Crippen LogP contribution in [0.1, 0.15) is 29.7 Å². The highest BCUT2D eigenvalue weighted by atomic mass is 19.4. The molecule has 3 aromatic carbocycles. The summed E-state index contributed by atoms with van der Waals surface area (Å²) < 4.78 is 46.8. The molecule has 1 heterocycles. The SMILES string of the molecule is Cc1ccccc1-c1ccc(-c2nc(-c3ccc(C(C)N)cc3)no2)cc1C(F)(F)F. The summed E-state index contributed by atoms with van der Waals surface area (Å²) >= 11 is 0. The standard InChI is InChI=1S/C24H20F3N3O/c1-14-5-3-4-6-19(14)20-12-11-18(13-21(20)24(25,26)27)23-29-22(30-31-23)17-9-7-16(8-10-17)15(2)28/h3-13,15H,28H2,1-2H3. The summed E-state index contributed by atoms with van der Waals surface area (Å²) in [5.41, 5.74) is 8.35. The van der Waals surface area contributed by atoms with Gasteiger partial charge in [-0.3, -0.25) is 0 Å². The summed E-state index contributed by atoms with van der Waals surface area (Å²) in [7, 11) is 0. The van der Waals surface area contributed by atoms with E-state index in [1.54, 1.807) is 49.4 Å². The number of rotatable bonds is 4. The van der Waals surface area contributed by atoms with Crippen LogP contribution in [0.2, 0.25) is 0 Å². The van der Waals surface area contributed by atoms with Crippen LogP contribution in [-0.2, 0) is 6.18 Å². The Morgan fingerprint density at radius 1 is 0.903 bits per heavy atom. The van der Waals surface area contributed by atoms with Gasteiger partial charge in [-0.15, -0.1) is 0 Å². The Morgan fingerprint density at radius 3 is 2.23 bits per heavy atom. The van der Waals surface area contributed by atoms with Crippen molar-refractivity contribution in [3.05, 3.63) is 83.4 Å². The Morgan fingerprint density at radius 2 is 1.58 bits per heavy atom. The number of aryl methyl sites for hydroxylation is 1. The van der Waals surface area contributed by atoms with Crippen molar-refractivity contribution in [1.29, 1.82) is 0 Å². The molecule has 0 radical (unpaired) electrons. The highest BCUT2D eigenvalue weighted by Gasteiger charge is 2.34.